The van der Waals surface area contributed by atoms with Crippen LogP contribution in [0.1, 0.15) is 12.8 Å². The zero-order chi connectivity index (χ0) is 14.8. The zero-order valence-corrected chi connectivity index (χ0v) is 13.9. The number of hydrogen-bond acceptors (Lipinski definition) is 4. The fraction of sp³-hybridized carbons (Fsp3) is 0.429. The van der Waals surface area contributed by atoms with Crippen LogP contribution in [-0.2, 0) is 0 Å². The highest BCUT2D eigenvalue weighted by Crippen LogP contribution is 2.32. The summed E-state index contributed by atoms with van der Waals surface area (Å²) in [6.07, 6.45) is 2.19. The van der Waals surface area contributed by atoms with E-state index in [1.54, 1.807) is 0 Å². The van der Waals surface area contributed by atoms with Gasteiger partial charge < -0.3 is 10.6 Å². The van der Waals surface area contributed by atoms with E-state index in [0.29, 0.717) is 16.8 Å². The maximum Gasteiger partial charge on any atom is 0.245 e. The number of piperidine rings is 1. The van der Waals surface area contributed by atoms with Gasteiger partial charge in [-0.2, -0.15) is 4.98 Å². The molecule has 0 saturated carbocycles. The van der Waals surface area contributed by atoms with Crippen molar-refractivity contribution in [2.24, 2.45) is 11.7 Å². The van der Waals surface area contributed by atoms with Crippen LogP contribution in [0, 0.1) is 5.92 Å². The lowest BCUT2D eigenvalue weighted by Gasteiger charge is -2.30. The Morgan fingerprint density at radius 3 is 2.86 bits per heavy atom. The molecular weight excluding hydrogens is 354 g/mol. The van der Waals surface area contributed by atoms with E-state index in [0.717, 1.165) is 48.5 Å². The molecular formula is C14H17BrClN5. The van der Waals surface area contributed by atoms with Gasteiger partial charge in [-0.05, 0) is 53.4 Å². The van der Waals surface area contributed by atoms with Crippen LogP contribution >= 0.6 is 27.5 Å². The minimum Gasteiger partial charge on any atom is -0.340 e. The number of aromatic amines is 1. The van der Waals surface area contributed by atoms with Crippen LogP contribution in [0.4, 0.5) is 5.95 Å². The van der Waals surface area contributed by atoms with E-state index in [1.165, 1.54) is 0 Å². The third-order valence-electron chi connectivity index (χ3n) is 3.91. The van der Waals surface area contributed by atoms with E-state index in [9.17, 15) is 0 Å². The summed E-state index contributed by atoms with van der Waals surface area (Å²) >= 11 is 9.72. The molecule has 1 fully saturated rings. The second-order valence-electron chi connectivity index (χ2n) is 5.25. The summed E-state index contributed by atoms with van der Waals surface area (Å²) in [6, 6.07) is 5.76. The van der Waals surface area contributed by atoms with Crippen LogP contribution < -0.4 is 10.6 Å². The molecule has 0 aliphatic carbocycles. The van der Waals surface area contributed by atoms with E-state index in [-0.39, 0.29) is 0 Å². The van der Waals surface area contributed by atoms with Crippen molar-refractivity contribution < 1.29 is 0 Å². The third kappa shape index (κ3) is 3.07. The molecule has 1 aromatic carbocycles. The van der Waals surface area contributed by atoms with Gasteiger partial charge in [0.25, 0.3) is 0 Å². The number of anilines is 1. The van der Waals surface area contributed by atoms with Crippen LogP contribution in [0.15, 0.2) is 22.7 Å². The fourth-order valence-corrected chi connectivity index (χ4v) is 3.15. The van der Waals surface area contributed by atoms with Crippen molar-refractivity contribution in [1.82, 2.24) is 15.2 Å². The highest BCUT2D eigenvalue weighted by Gasteiger charge is 2.21. The molecule has 0 radical (unpaired) electrons. The van der Waals surface area contributed by atoms with Crippen LogP contribution in [0.5, 0.6) is 0 Å². The highest BCUT2D eigenvalue weighted by molar-refractivity contribution is 9.10. The zero-order valence-electron chi connectivity index (χ0n) is 11.5. The summed E-state index contributed by atoms with van der Waals surface area (Å²) in [5, 5.41) is 7.94. The smallest absolute Gasteiger partial charge is 0.245 e. The lowest BCUT2D eigenvalue weighted by Crippen LogP contribution is -2.36. The summed E-state index contributed by atoms with van der Waals surface area (Å²) in [5.41, 5.74) is 6.57. The van der Waals surface area contributed by atoms with Gasteiger partial charge in [-0.1, -0.05) is 17.7 Å². The standard InChI is InChI=1S/C14H17BrClN5/c15-11-3-1-2-10(12(11)16)13-18-14(20-19-13)21-6-4-9(8-17)5-7-21/h1-3,9H,4-8,17H2,(H,18,19,20). The number of halogens is 2. The van der Waals surface area contributed by atoms with Crippen molar-refractivity contribution in [3.05, 3.63) is 27.7 Å². The summed E-state index contributed by atoms with van der Waals surface area (Å²) in [6.45, 7) is 2.66. The van der Waals surface area contributed by atoms with Gasteiger partial charge in [0.05, 0.1) is 5.02 Å². The Kier molecular flexibility index (Phi) is 4.47. The molecule has 112 valence electrons. The molecule has 1 aliphatic heterocycles. The van der Waals surface area contributed by atoms with Gasteiger partial charge in [-0.25, -0.2) is 0 Å². The average molecular weight is 371 g/mol. The van der Waals surface area contributed by atoms with E-state index in [1.807, 2.05) is 18.2 Å². The minimum atomic E-state index is 0.624. The van der Waals surface area contributed by atoms with E-state index in [4.69, 9.17) is 17.3 Å². The van der Waals surface area contributed by atoms with Crippen molar-refractivity contribution in [2.45, 2.75) is 12.8 Å². The van der Waals surface area contributed by atoms with Crippen LogP contribution in [0.2, 0.25) is 5.02 Å². The summed E-state index contributed by atoms with van der Waals surface area (Å²) in [5.74, 6) is 2.05. The van der Waals surface area contributed by atoms with Crippen molar-refractivity contribution in [1.29, 1.82) is 0 Å². The van der Waals surface area contributed by atoms with Crippen LogP contribution in [0.3, 0.4) is 0 Å². The van der Waals surface area contributed by atoms with Crippen LogP contribution in [0.25, 0.3) is 11.4 Å². The second kappa shape index (κ2) is 6.34. The number of nitrogens with zero attached hydrogens (tertiary/aromatic N) is 3. The summed E-state index contributed by atoms with van der Waals surface area (Å²) < 4.78 is 0.850. The van der Waals surface area contributed by atoms with Gasteiger partial charge >= 0.3 is 0 Å². The van der Waals surface area contributed by atoms with Gasteiger partial charge in [-0.15, -0.1) is 5.10 Å². The lowest BCUT2D eigenvalue weighted by atomic mass is 9.97. The Hall–Kier alpha value is -1.11. The maximum absolute atomic E-state index is 6.30. The predicted octanol–water partition coefficient (Wildman–Crippen LogP) is 3.06. The normalized spacial score (nSPS) is 16.4. The van der Waals surface area contributed by atoms with Gasteiger partial charge in [0.1, 0.15) is 0 Å². The molecule has 3 rings (SSSR count). The molecule has 1 aliphatic rings. The minimum absolute atomic E-state index is 0.624. The van der Waals surface area contributed by atoms with E-state index >= 15 is 0 Å². The molecule has 2 aromatic rings. The largest absolute Gasteiger partial charge is 0.340 e. The Morgan fingerprint density at radius 1 is 1.38 bits per heavy atom. The van der Waals surface area contributed by atoms with Crippen molar-refractivity contribution in [3.8, 4) is 11.4 Å². The topological polar surface area (TPSA) is 70.8 Å². The first-order valence-electron chi connectivity index (χ1n) is 7.01. The van der Waals surface area contributed by atoms with Crippen molar-refractivity contribution in [2.75, 3.05) is 24.5 Å². The number of H-pyrrole nitrogens is 1. The number of nitrogens with two attached hydrogens (primary N) is 1. The number of nitrogens with one attached hydrogen (secondary N) is 1. The molecule has 2 heterocycles. The number of hydrogen-bond donors (Lipinski definition) is 2. The molecule has 3 N–H and O–H groups in total. The van der Waals surface area contributed by atoms with Gasteiger partial charge in [-0.3, -0.25) is 5.10 Å². The number of benzene rings is 1. The Labute approximate surface area is 137 Å². The predicted molar refractivity (Wildman–Crippen MR) is 88.5 cm³/mol. The first-order chi connectivity index (χ1) is 10.2. The molecule has 0 spiro atoms. The Balaban J connectivity index is 1.79. The molecule has 5 nitrogen and oxygen atoms in total. The molecule has 0 unspecified atom stereocenters. The van der Waals surface area contributed by atoms with Gasteiger partial charge in [0, 0.05) is 23.1 Å². The van der Waals surface area contributed by atoms with E-state index < -0.39 is 0 Å². The first kappa shape index (κ1) is 14.8. The Bertz CT molecular complexity index is 622. The third-order valence-corrected chi connectivity index (χ3v) is 5.21. The summed E-state index contributed by atoms with van der Waals surface area (Å²) in [4.78, 5) is 6.77. The number of rotatable bonds is 3. The van der Waals surface area contributed by atoms with Crippen molar-refractivity contribution in [3.63, 3.8) is 0 Å². The SMILES string of the molecule is NCC1CCN(c2n[nH]c(-c3cccc(Br)c3Cl)n2)CC1. The van der Waals surface area contributed by atoms with Gasteiger partial charge in [0.2, 0.25) is 5.95 Å². The molecule has 1 saturated heterocycles. The average Bonchev–Trinajstić information content (AvgIpc) is 3.00. The van der Waals surface area contributed by atoms with Gasteiger partial charge in [0.15, 0.2) is 5.82 Å². The van der Waals surface area contributed by atoms with Crippen LogP contribution in [-0.4, -0.2) is 34.8 Å². The molecule has 0 atom stereocenters. The fourth-order valence-electron chi connectivity index (χ4n) is 2.57. The molecule has 0 bridgehead atoms. The Morgan fingerprint density at radius 2 is 2.14 bits per heavy atom. The molecule has 1 aromatic heterocycles. The highest BCUT2D eigenvalue weighted by atomic mass is 79.9. The number of aromatic nitrogens is 3. The monoisotopic (exact) mass is 369 g/mol. The van der Waals surface area contributed by atoms with E-state index in [2.05, 4.69) is 36.0 Å². The quantitative estimate of drug-likeness (QED) is 0.871. The molecule has 21 heavy (non-hydrogen) atoms. The lowest BCUT2D eigenvalue weighted by molar-refractivity contribution is 0.411. The molecule has 7 heteroatoms. The summed E-state index contributed by atoms with van der Waals surface area (Å²) in [7, 11) is 0. The van der Waals surface area contributed by atoms with Crippen molar-refractivity contribution >= 4 is 33.5 Å². The molecule has 0 amide bonds. The second-order valence-corrected chi connectivity index (χ2v) is 6.48. The maximum atomic E-state index is 6.30. The first-order valence-corrected chi connectivity index (χ1v) is 8.18.